The molecule has 0 aromatic heterocycles. The van der Waals surface area contributed by atoms with Crippen molar-refractivity contribution in [2.45, 2.75) is 24.9 Å². The number of nitrogens with one attached hydrogen (secondary N) is 1. The van der Waals surface area contributed by atoms with Gasteiger partial charge in [0.1, 0.15) is 0 Å². The fraction of sp³-hybridized carbons (Fsp3) is 0.600. The van der Waals surface area contributed by atoms with Crippen molar-refractivity contribution in [1.29, 1.82) is 0 Å². The first kappa shape index (κ1) is 12.8. The van der Waals surface area contributed by atoms with E-state index in [4.69, 9.17) is 14.2 Å². The Labute approximate surface area is 114 Å². The van der Waals surface area contributed by atoms with Crippen molar-refractivity contribution < 1.29 is 14.2 Å². The Hall–Kier alpha value is -1.26. The molecule has 0 atom stereocenters. The van der Waals surface area contributed by atoms with E-state index in [9.17, 15) is 0 Å². The van der Waals surface area contributed by atoms with Crippen LogP contribution in [-0.2, 0) is 16.8 Å². The number of hydrogen-bond acceptors (Lipinski definition) is 4. The number of fused-ring (bicyclic) bond motifs is 2. The zero-order chi connectivity index (χ0) is 13.3. The molecule has 2 aliphatic heterocycles. The summed E-state index contributed by atoms with van der Waals surface area (Å²) < 4.78 is 17.0. The summed E-state index contributed by atoms with van der Waals surface area (Å²) in [7, 11) is 3.37. The third kappa shape index (κ3) is 2.09. The first-order chi connectivity index (χ1) is 9.29. The van der Waals surface area contributed by atoms with Crippen LogP contribution in [0, 0.1) is 0 Å². The molecule has 2 heterocycles. The van der Waals surface area contributed by atoms with Gasteiger partial charge in [-0.2, -0.15) is 0 Å². The lowest BCUT2D eigenvalue weighted by molar-refractivity contribution is -0.0803. The van der Waals surface area contributed by atoms with E-state index in [-0.39, 0.29) is 5.60 Å². The zero-order valence-electron chi connectivity index (χ0n) is 11.6. The molecule has 1 fully saturated rings. The van der Waals surface area contributed by atoms with E-state index in [1.165, 1.54) is 11.1 Å². The zero-order valence-corrected chi connectivity index (χ0v) is 11.6. The van der Waals surface area contributed by atoms with Crippen LogP contribution in [0.15, 0.2) is 12.1 Å². The maximum Gasteiger partial charge on any atom is 0.161 e. The highest BCUT2D eigenvalue weighted by atomic mass is 16.5. The maximum absolute atomic E-state index is 6.17. The van der Waals surface area contributed by atoms with Gasteiger partial charge < -0.3 is 19.5 Å². The second-order valence-corrected chi connectivity index (χ2v) is 5.21. The number of benzene rings is 1. The summed E-state index contributed by atoms with van der Waals surface area (Å²) in [5.74, 6) is 1.61. The quantitative estimate of drug-likeness (QED) is 0.884. The molecule has 0 amide bonds. The van der Waals surface area contributed by atoms with Crippen molar-refractivity contribution in [2.24, 2.45) is 0 Å². The van der Waals surface area contributed by atoms with Crippen LogP contribution in [0.4, 0.5) is 0 Å². The molecule has 104 valence electrons. The van der Waals surface area contributed by atoms with Crippen molar-refractivity contribution in [3.05, 3.63) is 23.3 Å². The minimum absolute atomic E-state index is 0.127. The SMILES string of the molecule is COc1cc2c(cc1OC)C1(CCNCC1)OCC2. The van der Waals surface area contributed by atoms with Crippen molar-refractivity contribution in [3.8, 4) is 11.5 Å². The van der Waals surface area contributed by atoms with Crippen LogP contribution in [0.5, 0.6) is 11.5 Å². The first-order valence-corrected chi connectivity index (χ1v) is 6.89. The van der Waals surface area contributed by atoms with E-state index < -0.39 is 0 Å². The number of hydrogen-bond donors (Lipinski definition) is 1. The monoisotopic (exact) mass is 263 g/mol. The minimum atomic E-state index is -0.127. The topological polar surface area (TPSA) is 39.7 Å². The molecule has 0 bridgehead atoms. The van der Waals surface area contributed by atoms with Gasteiger partial charge in [-0.05, 0) is 55.6 Å². The van der Waals surface area contributed by atoms with Crippen molar-refractivity contribution in [1.82, 2.24) is 5.32 Å². The average molecular weight is 263 g/mol. The Kier molecular flexibility index (Phi) is 3.37. The van der Waals surface area contributed by atoms with Gasteiger partial charge in [-0.15, -0.1) is 0 Å². The smallest absolute Gasteiger partial charge is 0.161 e. The van der Waals surface area contributed by atoms with E-state index in [0.717, 1.165) is 50.5 Å². The van der Waals surface area contributed by atoms with Crippen LogP contribution in [0.25, 0.3) is 0 Å². The number of piperidine rings is 1. The highest BCUT2D eigenvalue weighted by Crippen LogP contribution is 2.44. The predicted molar refractivity (Wildman–Crippen MR) is 73.0 cm³/mol. The van der Waals surface area contributed by atoms with E-state index in [2.05, 4.69) is 17.4 Å². The molecule has 2 aliphatic rings. The molecule has 4 heteroatoms. The highest BCUT2D eigenvalue weighted by Gasteiger charge is 2.39. The fourth-order valence-corrected chi connectivity index (χ4v) is 3.23. The van der Waals surface area contributed by atoms with Crippen LogP contribution in [-0.4, -0.2) is 33.9 Å². The molecule has 1 saturated heterocycles. The maximum atomic E-state index is 6.17. The second kappa shape index (κ2) is 5.02. The van der Waals surface area contributed by atoms with E-state index >= 15 is 0 Å². The van der Waals surface area contributed by atoms with E-state index in [0.29, 0.717) is 0 Å². The average Bonchev–Trinajstić information content (AvgIpc) is 2.47. The summed E-state index contributed by atoms with van der Waals surface area (Å²) in [6, 6.07) is 4.22. The van der Waals surface area contributed by atoms with E-state index in [1.54, 1.807) is 14.2 Å². The van der Waals surface area contributed by atoms with Crippen molar-refractivity contribution >= 4 is 0 Å². The van der Waals surface area contributed by atoms with Gasteiger partial charge in [0.2, 0.25) is 0 Å². The summed E-state index contributed by atoms with van der Waals surface area (Å²) in [5, 5.41) is 3.40. The first-order valence-electron chi connectivity index (χ1n) is 6.89. The summed E-state index contributed by atoms with van der Waals surface area (Å²) in [6.45, 7) is 2.81. The van der Waals surface area contributed by atoms with Crippen LogP contribution in [0.2, 0.25) is 0 Å². The Morgan fingerprint density at radius 2 is 1.79 bits per heavy atom. The van der Waals surface area contributed by atoms with Crippen LogP contribution in [0.3, 0.4) is 0 Å². The van der Waals surface area contributed by atoms with Crippen LogP contribution in [0.1, 0.15) is 24.0 Å². The number of ether oxygens (including phenoxy) is 3. The number of rotatable bonds is 2. The summed E-state index contributed by atoms with van der Waals surface area (Å²) in [6.07, 6.45) is 3.00. The van der Waals surface area contributed by atoms with Gasteiger partial charge in [0, 0.05) is 0 Å². The summed E-state index contributed by atoms with van der Waals surface area (Å²) in [4.78, 5) is 0. The third-order valence-corrected chi connectivity index (χ3v) is 4.26. The number of methoxy groups -OCH3 is 2. The normalized spacial score (nSPS) is 20.9. The van der Waals surface area contributed by atoms with Crippen LogP contribution >= 0.6 is 0 Å². The summed E-state index contributed by atoms with van der Waals surface area (Å²) in [5.41, 5.74) is 2.50. The van der Waals surface area contributed by atoms with Crippen molar-refractivity contribution in [3.63, 3.8) is 0 Å². The Balaban J connectivity index is 2.08. The molecule has 19 heavy (non-hydrogen) atoms. The molecule has 1 N–H and O–H groups in total. The molecule has 0 aliphatic carbocycles. The largest absolute Gasteiger partial charge is 0.493 e. The molecule has 3 rings (SSSR count). The van der Waals surface area contributed by atoms with Gasteiger partial charge >= 0.3 is 0 Å². The fourth-order valence-electron chi connectivity index (χ4n) is 3.23. The Morgan fingerprint density at radius 3 is 2.47 bits per heavy atom. The molecular formula is C15H21NO3. The lowest BCUT2D eigenvalue weighted by Crippen LogP contribution is -2.44. The Morgan fingerprint density at radius 1 is 1.11 bits per heavy atom. The van der Waals surface area contributed by atoms with Gasteiger partial charge in [0.05, 0.1) is 26.4 Å². The summed E-state index contributed by atoms with van der Waals surface area (Å²) >= 11 is 0. The van der Waals surface area contributed by atoms with Gasteiger partial charge in [0.25, 0.3) is 0 Å². The van der Waals surface area contributed by atoms with Gasteiger partial charge in [-0.3, -0.25) is 0 Å². The molecular weight excluding hydrogens is 242 g/mol. The predicted octanol–water partition coefficient (Wildman–Crippen LogP) is 1.86. The molecule has 4 nitrogen and oxygen atoms in total. The molecule has 1 aromatic carbocycles. The molecule has 0 saturated carbocycles. The molecule has 0 radical (unpaired) electrons. The van der Waals surface area contributed by atoms with Crippen LogP contribution < -0.4 is 14.8 Å². The Bertz CT molecular complexity index is 467. The molecule has 1 aromatic rings. The lowest BCUT2D eigenvalue weighted by atomic mass is 9.79. The lowest BCUT2D eigenvalue weighted by Gasteiger charge is -2.42. The minimum Gasteiger partial charge on any atom is -0.493 e. The highest BCUT2D eigenvalue weighted by molar-refractivity contribution is 5.50. The third-order valence-electron chi connectivity index (χ3n) is 4.26. The molecule has 0 unspecified atom stereocenters. The van der Waals surface area contributed by atoms with Gasteiger partial charge in [-0.25, -0.2) is 0 Å². The van der Waals surface area contributed by atoms with Gasteiger partial charge in [0.15, 0.2) is 11.5 Å². The van der Waals surface area contributed by atoms with E-state index in [1.807, 2.05) is 0 Å². The van der Waals surface area contributed by atoms with Crippen molar-refractivity contribution in [2.75, 3.05) is 33.9 Å². The second-order valence-electron chi connectivity index (χ2n) is 5.21. The molecule has 1 spiro atoms. The standard InChI is InChI=1S/C15H21NO3/c1-17-13-9-11-3-8-19-15(4-6-16-7-5-15)12(11)10-14(13)18-2/h9-10,16H,3-8H2,1-2H3. The van der Waals surface area contributed by atoms with Gasteiger partial charge in [-0.1, -0.05) is 0 Å².